The van der Waals surface area contributed by atoms with Crippen molar-refractivity contribution in [3.05, 3.63) is 0 Å². The molecule has 108 valence electrons. The molecule has 0 radical (unpaired) electrons. The molecule has 0 aromatic heterocycles. The molecule has 1 aliphatic carbocycles. The molecule has 0 heterocycles. The van der Waals surface area contributed by atoms with Gasteiger partial charge in [0.05, 0.1) is 16.9 Å². The van der Waals surface area contributed by atoms with Crippen LogP contribution in [0.5, 0.6) is 0 Å². The maximum atomic E-state index is 12.6. The topological polar surface area (TPSA) is 66.6 Å². The number of amides is 2. The Bertz CT molecular complexity index is 378. The summed E-state index contributed by atoms with van der Waals surface area (Å²) in [6, 6.07) is 0. The third-order valence-corrected chi connectivity index (χ3v) is 4.08. The first kappa shape index (κ1) is 15.9. The molecule has 2 N–H and O–H groups in total. The highest BCUT2D eigenvalue weighted by Crippen LogP contribution is 2.42. The van der Waals surface area contributed by atoms with Gasteiger partial charge in [-0.15, -0.1) is 0 Å². The summed E-state index contributed by atoms with van der Waals surface area (Å²) in [7, 11) is 3.37. The van der Waals surface area contributed by atoms with Crippen LogP contribution in [0.3, 0.4) is 0 Å². The second-order valence-corrected chi connectivity index (χ2v) is 5.75. The van der Waals surface area contributed by atoms with Gasteiger partial charge in [0.2, 0.25) is 11.8 Å². The second-order valence-electron chi connectivity index (χ2n) is 5.31. The third kappa shape index (κ3) is 3.23. The van der Waals surface area contributed by atoms with Gasteiger partial charge in [-0.25, -0.2) is 0 Å². The molecular formula is C13H23N3O2S. The maximum Gasteiger partial charge on any atom is 0.241 e. The zero-order valence-electron chi connectivity index (χ0n) is 11.9. The molecule has 1 aliphatic rings. The van der Waals surface area contributed by atoms with Crippen molar-refractivity contribution in [2.75, 3.05) is 27.2 Å². The number of likely N-dealkylation sites (N-methyl/N-ethyl adjacent to an activating group) is 1. The van der Waals surface area contributed by atoms with Crippen LogP contribution in [0.25, 0.3) is 0 Å². The summed E-state index contributed by atoms with van der Waals surface area (Å²) < 4.78 is 0. The highest BCUT2D eigenvalue weighted by molar-refractivity contribution is 7.80. The van der Waals surface area contributed by atoms with Crippen LogP contribution >= 0.6 is 12.2 Å². The Morgan fingerprint density at radius 1 is 1.32 bits per heavy atom. The Labute approximate surface area is 120 Å². The fraction of sp³-hybridized carbons (Fsp3) is 0.769. The highest BCUT2D eigenvalue weighted by Gasteiger charge is 2.49. The van der Waals surface area contributed by atoms with Crippen LogP contribution in [0, 0.1) is 5.41 Å². The Balaban J connectivity index is 2.83. The fourth-order valence-electron chi connectivity index (χ4n) is 2.23. The van der Waals surface area contributed by atoms with Gasteiger partial charge in [-0.2, -0.15) is 0 Å². The predicted octanol–water partition coefficient (Wildman–Crippen LogP) is 0.770. The Morgan fingerprint density at radius 2 is 1.89 bits per heavy atom. The van der Waals surface area contributed by atoms with Gasteiger partial charge in [-0.3, -0.25) is 9.59 Å². The minimum absolute atomic E-state index is 0.0803. The minimum Gasteiger partial charge on any atom is -0.392 e. The molecule has 2 amide bonds. The number of carbonyl (C=O) groups excluding carboxylic acids is 2. The zero-order valence-corrected chi connectivity index (χ0v) is 12.8. The number of hydrogen-bond donors (Lipinski definition) is 1. The van der Waals surface area contributed by atoms with Crippen LogP contribution in [0.4, 0.5) is 0 Å². The Hall–Kier alpha value is -1.17. The van der Waals surface area contributed by atoms with Crippen LogP contribution < -0.4 is 5.73 Å². The van der Waals surface area contributed by atoms with Crippen molar-refractivity contribution in [1.29, 1.82) is 0 Å². The van der Waals surface area contributed by atoms with Gasteiger partial charge in [-0.05, 0) is 19.3 Å². The number of nitrogens with two attached hydrogens (primary N) is 1. The number of carbonyl (C=O) groups is 2. The van der Waals surface area contributed by atoms with Gasteiger partial charge in [-0.1, -0.05) is 25.6 Å². The van der Waals surface area contributed by atoms with Crippen molar-refractivity contribution in [3.63, 3.8) is 0 Å². The number of rotatable bonds is 6. The summed E-state index contributed by atoms with van der Waals surface area (Å²) >= 11 is 5.06. The molecule has 0 aliphatic heterocycles. The summed E-state index contributed by atoms with van der Waals surface area (Å²) in [4.78, 5) is 27.8. The number of nitrogens with zero attached hydrogens (tertiary/aromatic N) is 2. The standard InChI is InChI=1S/C13H23N3O2S/c1-4-8-16(9-10(17)15(2)3)12(18)13(11(14)19)6-5-7-13/h4-9H2,1-3H3,(H2,14,19). The molecule has 0 aromatic rings. The van der Waals surface area contributed by atoms with Crippen molar-refractivity contribution in [2.45, 2.75) is 32.6 Å². The molecule has 0 spiro atoms. The minimum atomic E-state index is -0.697. The summed E-state index contributed by atoms with van der Waals surface area (Å²) in [5.41, 5.74) is 5.05. The van der Waals surface area contributed by atoms with E-state index in [2.05, 4.69) is 0 Å². The SMILES string of the molecule is CCCN(CC(=O)N(C)C)C(=O)C1(C(N)=S)CCC1. The molecule has 19 heavy (non-hydrogen) atoms. The summed E-state index contributed by atoms with van der Waals surface area (Å²) in [6.45, 7) is 2.64. The van der Waals surface area contributed by atoms with E-state index in [1.54, 1.807) is 19.0 Å². The second kappa shape index (κ2) is 6.32. The van der Waals surface area contributed by atoms with Gasteiger partial charge in [0.25, 0.3) is 0 Å². The van der Waals surface area contributed by atoms with Crippen molar-refractivity contribution < 1.29 is 9.59 Å². The van der Waals surface area contributed by atoms with Crippen molar-refractivity contribution >= 4 is 29.0 Å². The van der Waals surface area contributed by atoms with E-state index in [1.807, 2.05) is 6.92 Å². The lowest BCUT2D eigenvalue weighted by Gasteiger charge is -2.42. The largest absolute Gasteiger partial charge is 0.392 e. The van der Waals surface area contributed by atoms with E-state index in [0.717, 1.165) is 12.8 Å². The van der Waals surface area contributed by atoms with E-state index >= 15 is 0 Å². The van der Waals surface area contributed by atoms with Crippen molar-refractivity contribution in [2.24, 2.45) is 11.1 Å². The third-order valence-electron chi connectivity index (χ3n) is 3.69. The lowest BCUT2D eigenvalue weighted by atomic mass is 9.67. The van der Waals surface area contributed by atoms with Gasteiger partial charge in [0.15, 0.2) is 0 Å². The molecule has 0 atom stereocenters. The van der Waals surface area contributed by atoms with Gasteiger partial charge >= 0.3 is 0 Å². The van der Waals surface area contributed by atoms with E-state index in [4.69, 9.17) is 18.0 Å². The van der Waals surface area contributed by atoms with Crippen LogP contribution in [-0.4, -0.2) is 53.8 Å². The lowest BCUT2D eigenvalue weighted by molar-refractivity contribution is -0.146. The number of thiocarbonyl (C=S) groups is 1. The molecule has 0 saturated heterocycles. The van der Waals surface area contributed by atoms with Crippen molar-refractivity contribution in [3.8, 4) is 0 Å². The summed E-state index contributed by atoms with van der Waals surface area (Å²) in [5, 5.41) is 0. The van der Waals surface area contributed by atoms with Crippen LogP contribution in [-0.2, 0) is 9.59 Å². The van der Waals surface area contributed by atoms with E-state index in [-0.39, 0.29) is 23.3 Å². The first-order valence-corrected chi connectivity index (χ1v) is 7.05. The fourth-order valence-corrected chi connectivity index (χ4v) is 2.52. The molecule has 0 aromatic carbocycles. The van der Waals surface area contributed by atoms with E-state index in [9.17, 15) is 9.59 Å². The van der Waals surface area contributed by atoms with Gasteiger partial charge < -0.3 is 15.5 Å². The normalized spacial score (nSPS) is 16.4. The average molecular weight is 285 g/mol. The van der Waals surface area contributed by atoms with E-state index in [1.165, 1.54) is 4.90 Å². The maximum absolute atomic E-state index is 12.6. The zero-order chi connectivity index (χ0) is 14.6. The monoisotopic (exact) mass is 285 g/mol. The quantitative estimate of drug-likeness (QED) is 0.732. The summed E-state index contributed by atoms with van der Waals surface area (Å²) in [6.07, 6.45) is 3.18. The van der Waals surface area contributed by atoms with Crippen LogP contribution in [0.1, 0.15) is 32.6 Å². The van der Waals surface area contributed by atoms with Crippen LogP contribution in [0.15, 0.2) is 0 Å². The summed E-state index contributed by atoms with van der Waals surface area (Å²) in [5.74, 6) is -0.164. The molecule has 0 bridgehead atoms. The Morgan fingerprint density at radius 3 is 2.21 bits per heavy atom. The number of hydrogen-bond acceptors (Lipinski definition) is 3. The smallest absolute Gasteiger partial charge is 0.241 e. The van der Waals surface area contributed by atoms with E-state index in [0.29, 0.717) is 19.4 Å². The first-order chi connectivity index (χ1) is 8.85. The van der Waals surface area contributed by atoms with Crippen molar-refractivity contribution in [1.82, 2.24) is 9.80 Å². The highest BCUT2D eigenvalue weighted by atomic mass is 32.1. The molecule has 0 unspecified atom stereocenters. The average Bonchev–Trinajstić information content (AvgIpc) is 2.25. The molecule has 1 saturated carbocycles. The Kier molecular flexibility index (Phi) is 5.29. The molecule has 1 fully saturated rings. The van der Waals surface area contributed by atoms with Crippen LogP contribution in [0.2, 0.25) is 0 Å². The predicted molar refractivity (Wildman–Crippen MR) is 78.6 cm³/mol. The first-order valence-electron chi connectivity index (χ1n) is 6.64. The van der Waals surface area contributed by atoms with Gasteiger partial charge in [0, 0.05) is 20.6 Å². The molecule has 5 nitrogen and oxygen atoms in total. The van der Waals surface area contributed by atoms with Gasteiger partial charge in [0.1, 0.15) is 0 Å². The molecule has 1 rings (SSSR count). The lowest BCUT2D eigenvalue weighted by Crippen LogP contribution is -2.56. The van der Waals surface area contributed by atoms with E-state index < -0.39 is 5.41 Å². The molecular weight excluding hydrogens is 262 g/mol. The molecule has 6 heteroatoms.